The molecule has 0 spiro atoms. The lowest BCUT2D eigenvalue weighted by Crippen LogP contribution is -2.26. The number of halogens is 1. The topological polar surface area (TPSA) is 51.0 Å². The molecule has 0 atom stereocenters. The Hall–Kier alpha value is -3.54. The van der Waals surface area contributed by atoms with Crippen LogP contribution in [0.15, 0.2) is 66.9 Å². The van der Waals surface area contributed by atoms with Gasteiger partial charge in [-0.15, -0.1) is 0 Å². The number of rotatable bonds is 5. The van der Waals surface area contributed by atoms with Crippen LogP contribution in [-0.2, 0) is 6.54 Å². The van der Waals surface area contributed by atoms with Gasteiger partial charge in [0.1, 0.15) is 5.82 Å². The van der Waals surface area contributed by atoms with Crippen LogP contribution >= 0.6 is 0 Å². The third kappa shape index (κ3) is 3.81. The van der Waals surface area contributed by atoms with E-state index in [-0.39, 0.29) is 17.8 Å². The standard InChI is InChI=1S/C24H23FN4O/c1-16(2)29-23-21(14-26-29)20(13-22(27-23)18-9-5-4-6-10-18)24(30)28(3)15-17-8-7-11-19(25)12-17/h4-14,16H,15H2,1-3H3. The van der Waals surface area contributed by atoms with E-state index in [1.165, 1.54) is 12.1 Å². The van der Waals surface area contributed by atoms with Gasteiger partial charge in [-0.3, -0.25) is 4.79 Å². The number of aromatic nitrogens is 3. The summed E-state index contributed by atoms with van der Waals surface area (Å²) in [6.45, 7) is 4.36. The second-order valence-electron chi connectivity index (χ2n) is 7.63. The molecule has 0 bridgehead atoms. The van der Waals surface area contributed by atoms with Gasteiger partial charge in [0, 0.05) is 25.2 Å². The van der Waals surface area contributed by atoms with E-state index in [1.54, 1.807) is 30.3 Å². The van der Waals surface area contributed by atoms with Crippen molar-refractivity contribution in [3.05, 3.63) is 83.8 Å². The van der Waals surface area contributed by atoms with Crippen LogP contribution in [0.25, 0.3) is 22.3 Å². The van der Waals surface area contributed by atoms with Gasteiger partial charge in [0.05, 0.1) is 22.8 Å². The van der Waals surface area contributed by atoms with Gasteiger partial charge in [0.2, 0.25) is 0 Å². The number of benzene rings is 2. The monoisotopic (exact) mass is 402 g/mol. The molecule has 30 heavy (non-hydrogen) atoms. The average molecular weight is 402 g/mol. The van der Waals surface area contributed by atoms with E-state index in [1.807, 2.05) is 54.9 Å². The van der Waals surface area contributed by atoms with Crippen molar-refractivity contribution < 1.29 is 9.18 Å². The molecule has 4 rings (SSSR count). The Labute approximate surface area is 174 Å². The summed E-state index contributed by atoms with van der Waals surface area (Å²) in [5.74, 6) is -0.476. The lowest BCUT2D eigenvalue weighted by molar-refractivity contribution is 0.0787. The van der Waals surface area contributed by atoms with Gasteiger partial charge in [0.25, 0.3) is 5.91 Å². The summed E-state index contributed by atoms with van der Waals surface area (Å²) in [6.07, 6.45) is 1.69. The van der Waals surface area contributed by atoms with Crippen molar-refractivity contribution >= 4 is 16.9 Å². The van der Waals surface area contributed by atoms with Crippen LogP contribution in [0.5, 0.6) is 0 Å². The zero-order chi connectivity index (χ0) is 21.3. The van der Waals surface area contributed by atoms with Crippen molar-refractivity contribution in [2.75, 3.05) is 7.05 Å². The van der Waals surface area contributed by atoms with Crippen molar-refractivity contribution in [2.24, 2.45) is 0 Å². The van der Waals surface area contributed by atoms with Crippen LogP contribution in [0.1, 0.15) is 35.8 Å². The molecule has 152 valence electrons. The first-order chi connectivity index (χ1) is 14.4. The number of fused-ring (bicyclic) bond motifs is 1. The minimum atomic E-state index is -0.316. The maximum Gasteiger partial charge on any atom is 0.254 e. The average Bonchev–Trinajstić information content (AvgIpc) is 3.17. The Kier molecular flexibility index (Phi) is 5.31. The van der Waals surface area contributed by atoms with Crippen LogP contribution in [0.3, 0.4) is 0 Å². The molecule has 0 saturated carbocycles. The molecule has 1 amide bonds. The van der Waals surface area contributed by atoms with Crippen molar-refractivity contribution in [1.82, 2.24) is 19.7 Å². The Bertz CT molecular complexity index is 1200. The van der Waals surface area contributed by atoms with Gasteiger partial charge < -0.3 is 4.90 Å². The molecule has 0 radical (unpaired) electrons. The SMILES string of the molecule is CC(C)n1ncc2c(C(=O)N(C)Cc3cccc(F)c3)cc(-c3ccccc3)nc21. The number of nitrogens with zero attached hydrogens (tertiary/aromatic N) is 4. The third-order valence-corrected chi connectivity index (χ3v) is 5.01. The largest absolute Gasteiger partial charge is 0.337 e. The highest BCUT2D eigenvalue weighted by atomic mass is 19.1. The van der Waals surface area contributed by atoms with Gasteiger partial charge in [0.15, 0.2) is 5.65 Å². The zero-order valence-electron chi connectivity index (χ0n) is 17.2. The molecule has 2 aromatic heterocycles. The van der Waals surface area contributed by atoms with E-state index in [4.69, 9.17) is 4.98 Å². The van der Waals surface area contributed by atoms with Crippen LogP contribution in [0, 0.1) is 5.82 Å². The minimum absolute atomic E-state index is 0.106. The maximum absolute atomic E-state index is 13.5. The van der Waals surface area contributed by atoms with E-state index in [0.717, 1.165) is 11.1 Å². The van der Waals surface area contributed by atoms with Gasteiger partial charge in [-0.2, -0.15) is 5.10 Å². The Morgan fingerprint density at radius 1 is 1.10 bits per heavy atom. The summed E-state index contributed by atoms with van der Waals surface area (Å²) in [5, 5.41) is 5.17. The molecule has 0 saturated heterocycles. The van der Waals surface area contributed by atoms with E-state index in [2.05, 4.69) is 5.10 Å². The molecular formula is C24H23FN4O. The molecule has 2 aromatic carbocycles. The summed E-state index contributed by atoms with van der Waals surface area (Å²) in [5.41, 5.74) is 3.58. The Balaban J connectivity index is 1.79. The normalized spacial score (nSPS) is 11.2. The van der Waals surface area contributed by atoms with Crippen LogP contribution in [0.4, 0.5) is 4.39 Å². The molecule has 0 aliphatic carbocycles. The summed E-state index contributed by atoms with van der Waals surface area (Å²) < 4.78 is 15.4. The summed E-state index contributed by atoms with van der Waals surface area (Å²) in [7, 11) is 1.72. The first kappa shape index (κ1) is 19.8. The second-order valence-corrected chi connectivity index (χ2v) is 7.63. The molecular weight excluding hydrogens is 379 g/mol. The van der Waals surface area contributed by atoms with Crippen LogP contribution in [-0.4, -0.2) is 32.6 Å². The lowest BCUT2D eigenvalue weighted by Gasteiger charge is -2.18. The third-order valence-electron chi connectivity index (χ3n) is 5.01. The number of carbonyl (C=O) groups excluding carboxylic acids is 1. The second kappa shape index (κ2) is 8.06. The molecule has 5 nitrogen and oxygen atoms in total. The van der Waals surface area contributed by atoms with Crippen LogP contribution in [0.2, 0.25) is 0 Å². The number of amides is 1. The molecule has 0 fully saturated rings. The summed E-state index contributed by atoms with van der Waals surface area (Å²) >= 11 is 0. The van der Waals surface area contributed by atoms with Gasteiger partial charge in [-0.1, -0.05) is 42.5 Å². The van der Waals surface area contributed by atoms with Crippen molar-refractivity contribution in [3.8, 4) is 11.3 Å². The lowest BCUT2D eigenvalue weighted by atomic mass is 10.1. The van der Waals surface area contributed by atoms with Crippen molar-refractivity contribution in [3.63, 3.8) is 0 Å². The van der Waals surface area contributed by atoms with Crippen LogP contribution < -0.4 is 0 Å². The predicted molar refractivity (Wildman–Crippen MR) is 116 cm³/mol. The van der Waals surface area contributed by atoms with E-state index in [0.29, 0.717) is 28.8 Å². The summed E-state index contributed by atoms with van der Waals surface area (Å²) in [6, 6.07) is 18.0. The summed E-state index contributed by atoms with van der Waals surface area (Å²) in [4.78, 5) is 19.8. The highest BCUT2D eigenvalue weighted by Crippen LogP contribution is 2.27. The van der Waals surface area contributed by atoms with Crippen molar-refractivity contribution in [1.29, 1.82) is 0 Å². The number of carbonyl (C=O) groups is 1. The maximum atomic E-state index is 13.5. The van der Waals surface area contributed by atoms with Crippen molar-refractivity contribution in [2.45, 2.75) is 26.4 Å². The number of hydrogen-bond donors (Lipinski definition) is 0. The van der Waals surface area contributed by atoms with Gasteiger partial charge >= 0.3 is 0 Å². The fourth-order valence-corrected chi connectivity index (χ4v) is 3.52. The smallest absolute Gasteiger partial charge is 0.254 e. The molecule has 2 heterocycles. The first-order valence-electron chi connectivity index (χ1n) is 9.87. The molecule has 0 N–H and O–H groups in total. The van der Waals surface area contributed by atoms with E-state index >= 15 is 0 Å². The number of hydrogen-bond acceptors (Lipinski definition) is 3. The molecule has 0 aliphatic rings. The highest BCUT2D eigenvalue weighted by Gasteiger charge is 2.21. The Morgan fingerprint density at radius 2 is 1.87 bits per heavy atom. The van der Waals surface area contributed by atoms with E-state index < -0.39 is 0 Å². The van der Waals surface area contributed by atoms with Gasteiger partial charge in [-0.25, -0.2) is 14.1 Å². The molecule has 0 unspecified atom stereocenters. The fourth-order valence-electron chi connectivity index (χ4n) is 3.52. The van der Waals surface area contributed by atoms with Gasteiger partial charge in [-0.05, 0) is 37.6 Å². The highest BCUT2D eigenvalue weighted by molar-refractivity contribution is 6.06. The molecule has 6 heteroatoms. The number of pyridine rings is 1. The molecule has 4 aromatic rings. The quantitative estimate of drug-likeness (QED) is 0.467. The zero-order valence-corrected chi connectivity index (χ0v) is 17.2. The fraction of sp³-hybridized carbons (Fsp3) is 0.208. The predicted octanol–water partition coefficient (Wildman–Crippen LogP) is 5.09. The molecule has 0 aliphatic heterocycles. The first-order valence-corrected chi connectivity index (χ1v) is 9.87. The van der Waals surface area contributed by atoms with E-state index in [9.17, 15) is 9.18 Å². The Morgan fingerprint density at radius 3 is 2.57 bits per heavy atom. The minimum Gasteiger partial charge on any atom is -0.337 e.